The molecule has 1 aromatic carbocycles. The van der Waals surface area contributed by atoms with Gasteiger partial charge in [0.05, 0.1) is 45.2 Å². The van der Waals surface area contributed by atoms with Crippen molar-refractivity contribution < 1.29 is 23.7 Å². The second-order valence-electron chi connectivity index (χ2n) is 10.4. The molecule has 0 unspecified atom stereocenters. The fourth-order valence-electron chi connectivity index (χ4n) is 3.41. The third-order valence-corrected chi connectivity index (χ3v) is 11.1. The highest BCUT2D eigenvalue weighted by atomic mass is 28.4. The molecule has 1 aliphatic heterocycles. The Morgan fingerprint density at radius 1 is 1.18 bits per heavy atom. The molecule has 0 spiro atoms. The van der Waals surface area contributed by atoms with Crippen LogP contribution < -0.4 is 4.74 Å². The molecule has 5 nitrogen and oxygen atoms in total. The van der Waals surface area contributed by atoms with E-state index in [0.717, 1.165) is 17.7 Å². The van der Waals surface area contributed by atoms with Gasteiger partial charge < -0.3 is 23.7 Å². The third kappa shape index (κ3) is 9.15. The summed E-state index contributed by atoms with van der Waals surface area (Å²) < 4.78 is 24.5. The van der Waals surface area contributed by atoms with E-state index in [1.165, 1.54) is 5.57 Å². The van der Waals surface area contributed by atoms with Crippen LogP contribution in [-0.4, -0.2) is 52.1 Å². The SMILES string of the molecule is COc1ccc(CO[C@@H](C/C=C/CO)[C@H](/C=C/[C@@H]2CC(C)=CCO2)O[Si](C)(C)C(C)(C)C)cc1. The first-order valence-corrected chi connectivity index (χ1v) is 15.1. The largest absolute Gasteiger partial charge is 0.497 e. The van der Waals surface area contributed by atoms with Crippen LogP contribution in [0, 0.1) is 0 Å². The molecule has 2 rings (SSSR count). The first-order valence-electron chi connectivity index (χ1n) is 12.2. The Hall–Kier alpha value is -1.70. The van der Waals surface area contributed by atoms with Gasteiger partial charge in [0.2, 0.25) is 0 Å². The van der Waals surface area contributed by atoms with Gasteiger partial charge in [0.25, 0.3) is 0 Å². The van der Waals surface area contributed by atoms with Gasteiger partial charge in [0, 0.05) is 0 Å². The molecular formula is C28H44O5Si. The maximum absolute atomic E-state index is 9.27. The minimum absolute atomic E-state index is 0.0102. The first kappa shape index (κ1) is 28.5. The monoisotopic (exact) mass is 488 g/mol. The minimum Gasteiger partial charge on any atom is -0.497 e. The van der Waals surface area contributed by atoms with Gasteiger partial charge in [-0.3, -0.25) is 0 Å². The second-order valence-corrected chi connectivity index (χ2v) is 15.2. The van der Waals surface area contributed by atoms with Gasteiger partial charge in [0.1, 0.15) is 5.75 Å². The van der Waals surface area contributed by atoms with Crippen molar-refractivity contribution in [3.63, 3.8) is 0 Å². The molecule has 1 heterocycles. The Morgan fingerprint density at radius 2 is 1.88 bits per heavy atom. The molecule has 0 radical (unpaired) electrons. The van der Waals surface area contributed by atoms with Crippen molar-refractivity contribution in [3.05, 3.63) is 65.8 Å². The summed E-state index contributed by atoms with van der Waals surface area (Å²) >= 11 is 0. The number of rotatable bonds is 12. The predicted molar refractivity (Wildman–Crippen MR) is 142 cm³/mol. The average Bonchev–Trinajstić information content (AvgIpc) is 2.78. The predicted octanol–water partition coefficient (Wildman–Crippen LogP) is 6.20. The fraction of sp³-hybridized carbons (Fsp3) is 0.571. The van der Waals surface area contributed by atoms with E-state index in [4.69, 9.17) is 18.6 Å². The van der Waals surface area contributed by atoms with Crippen LogP contribution in [0.4, 0.5) is 0 Å². The van der Waals surface area contributed by atoms with Gasteiger partial charge in [0.15, 0.2) is 8.32 Å². The molecule has 0 amide bonds. The molecule has 0 bridgehead atoms. The summed E-state index contributed by atoms with van der Waals surface area (Å²) in [5.41, 5.74) is 2.42. The van der Waals surface area contributed by atoms with Crippen LogP contribution in [0.25, 0.3) is 0 Å². The topological polar surface area (TPSA) is 57.2 Å². The quantitative estimate of drug-likeness (QED) is 0.280. The van der Waals surface area contributed by atoms with Crippen LogP contribution in [0.2, 0.25) is 18.1 Å². The second kappa shape index (κ2) is 13.4. The van der Waals surface area contributed by atoms with Crippen LogP contribution in [-0.2, 0) is 20.5 Å². The lowest BCUT2D eigenvalue weighted by Crippen LogP contribution is -2.47. The van der Waals surface area contributed by atoms with Crippen LogP contribution in [0.5, 0.6) is 5.75 Å². The summed E-state index contributed by atoms with van der Waals surface area (Å²) in [6, 6.07) is 7.92. The number of aliphatic hydroxyl groups is 1. The highest BCUT2D eigenvalue weighted by Gasteiger charge is 2.40. The summed E-state index contributed by atoms with van der Waals surface area (Å²) in [6.45, 7) is 14.5. The van der Waals surface area contributed by atoms with E-state index in [0.29, 0.717) is 19.6 Å². The minimum atomic E-state index is -2.07. The van der Waals surface area contributed by atoms with E-state index < -0.39 is 8.32 Å². The number of hydrogen-bond acceptors (Lipinski definition) is 5. The highest BCUT2D eigenvalue weighted by molar-refractivity contribution is 6.74. The first-order chi connectivity index (χ1) is 16.1. The lowest BCUT2D eigenvalue weighted by Gasteiger charge is -2.40. The number of methoxy groups -OCH3 is 1. The number of benzene rings is 1. The van der Waals surface area contributed by atoms with E-state index >= 15 is 0 Å². The van der Waals surface area contributed by atoms with Gasteiger partial charge in [-0.1, -0.05) is 68.9 Å². The van der Waals surface area contributed by atoms with Crippen LogP contribution >= 0.6 is 0 Å². The summed E-state index contributed by atoms with van der Waals surface area (Å²) in [7, 11) is -0.408. The Morgan fingerprint density at radius 3 is 2.47 bits per heavy atom. The Bertz CT molecular complexity index is 820. The van der Waals surface area contributed by atoms with Crippen molar-refractivity contribution in [1.82, 2.24) is 0 Å². The van der Waals surface area contributed by atoms with Crippen LogP contribution in [0.3, 0.4) is 0 Å². The van der Waals surface area contributed by atoms with Gasteiger partial charge in [-0.2, -0.15) is 0 Å². The van der Waals surface area contributed by atoms with E-state index in [1.807, 2.05) is 30.3 Å². The molecule has 6 heteroatoms. The van der Waals surface area contributed by atoms with Crippen molar-refractivity contribution in [2.75, 3.05) is 20.3 Å². The molecule has 1 aliphatic rings. The van der Waals surface area contributed by atoms with Gasteiger partial charge >= 0.3 is 0 Å². The summed E-state index contributed by atoms with van der Waals surface area (Å²) in [5, 5.41) is 9.34. The van der Waals surface area contributed by atoms with E-state index in [9.17, 15) is 5.11 Å². The maximum atomic E-state index is 9.27. The standard InChI is InChI=1S/C28H44O5Si/c1-22-17-19-31-25(20-22)15-16-27(33-34(6,7)28(2,3)4)26(10-8-9-18-29)32-21-23-11-13-24(30-5)14-12-23/h8-9,11-17,25-27,29H,10,18-21H2,1-7H3/b9-8+,16-15+/t25-,26+,27+/m1/s1. The fourth-order valence-corrected chi connectivity index (χ4v) is 4.68. The normalized spacial score (nSPS) is 19.4. The molecule has 0 aliphatic carbocycles. The number of aliphatic hydroxyl groups excluding tert-OH is 1. The molecule has 0 saturated carbocycles. The van der Waals surface area contributed by atoms with E-state index in [1.54, 1.807) is 13.2 Å². The van der Waals surface area contributed by atoms with Gasteiger partial charge in [-0.15, -0.1) is 0 Å². The van der Waals surface area contributed by atoms with Crippen molar-refractivity contribution in [3.8, 4) is 5.75 Å². The zero-order valence-electron chi connectivity index (χ0n) is 22.0. The maximum Gasteiger partial charge on any atom is 0.193 e. The van der Waals surface area contributed by atoms with Crippen molar-refractivity contribution in [2.45, 2.75) is 83.6 Å². The van der Waals surface area contributed by atoms with Crippen molar-refractivity contribution in [1.29, 1.82) is 0 Å². The molecular weight excluding hydrogens is 444 g/mol. The number of hydrogen-bond donors (Lipinski definition) is 1. The Balaban J connectivity index is 2.26. The molecule has 1 aromatic rings. The highest BCUT2D eigenvalue weighted by Crippen LogP contribution is 2.38. The summed E-state index contributed by atoms with van der Waals surface area (Å²) in [5.74, 6) is 0.824. The third-order valence-electron chi connectivity index (χ3n) is 6.65. The van der Waals surface area contributed by atoms with Gasteiger partial charge in [-0.25, -0.2) is 0 Å². The van der Waals surface area contributed by atoms with Gasteiger partial charge in [-0.05, 0) is 55.6 Å². The Kier molecular flexibility index (Phi) is 11.2. The summed E-state index contributed by atoms with van der Waals surface area (Å²) in [4.78, 5) is 0. The molecule has 1 N–H and O–H groups in total. The van der Waals surface area contributed by atoms with Crippen molar-refractivity contribution in [2.24, 2.45) is 0 Å². The van der Waals surface area contributed by atoms with E-state index in [-0.39, 0.29) is 30.0 Å². The lowest BCUT2D eigenvalue weighted by atomic mass is 10.0. The molecule has 0 saturated heterocycles. The van der Waals surface area contributed by atoms with Crippen molar-refractivity contribution >= 4 is 8.32 Å². The van der Waals surface area contributed by atoms with Crippen LogP contribution in [0.15, 0.2) is 60.2 Å². The molecule has 3 atom stereocenters. The number of ether oxygens (including phenoxy) is 3. The zero-order valence-corrected chi connectivity index (χ0v) is 23.0. The molecule has 190 valence electrons. The van der Waals surface area contributed by atoms with E-state index in [2.05, 4.69) is 59.0 Å². The summed E-state index contributed by atoms with van der Waals surface area (Å²) in [6.07, 6.45) is 11.3. The smallest absolute Gasteiger partial charge is 0.193 e. The zero-order chi connectivity index (χ0) is 25.2. The molecule has 34 heavy (non-hydrogen) atoms. The Labute approximate surface area is 207 Å². The molecule has 0 aromatic heterocycles. The lowest BCUT2D eigenvalue weighted by molar-refractivity contribution is -0.0203. The molecule has 0 fully saturated rings. The van der Waals surface area contributed by atoms with Crippen LogP contribution in [0.1, 0.15) is 46.1 Å². The average molecular weight is 489 g/mol.